The van der Waals surface area contributed by atoms with Crippen molar-refractivity contribution in [2.24, 2.45) is 0 Å². The number of rotatable bonds is 6. The number of carboxylic acid groups (broad SMARTS) is 2. The van der Waals surface area contributed by atoms with Crippen molar-refractivity contribution in [2.75, 3.05) is 5.32 Å². The molecule has 0 saturated carbocycles. The molecule has 9 heteroatoms. The Kier molecular flexibility index (Phi) is 4.67. The van der Waals surface area contributed by atoms with Crippen LogP contribution in [0.2, 0.25) is 0 Å². The van der Waals surface area contributed by atoms with Crippen LogP contribution in [-0.4, -0.2) is 44.4 Å². The van der Waals surface area contributed by atoms with Crippen LogP contribution in [0.1, 0.15) is 12.8 Å². The number of aromatic amines is 1. The molecule has 0 radical (unpaired) electrons. The maximum atomic E-state index is 11.4. The highest BCUT2D eigenvalue weighted by atomic mass is 16.4. The number of nitrogens with zero attached hydrogens (tertiary/aromatic N) is 1. The normalized spacial score (nSPS) is 11.6. The van der Waals surface area contributed by atoms with Gasteiger partial charge in [0, 0.05) is 12.6 Å². The Morgan fingerprint density at radius 1 is 1.39 bits per heavy atom. The van der Waals surface area contributed by atoms with Gasteiger partial charge in [-0.1, -0.05) is 0 Å². The van der Waals surface area contributed by atoms with E-state index in [1.807, 2.05) is 0 Å². The van der Waals surface area contributed by atoms with Crippen LogP contribution in [0.3, 0.4) is 0 Å². The summed E-state index contributed by atoms with van der Waals surface area (Å²) in [6.45, 7) is 0. The monoisotopic (exact) mass is 256 g/mol. The Labute approximate surface area is 101 Å². The molecule has 18 heavy (non-hydrogen) atoms. The van der Waals surface area contributed by atoms with Gasteiger partial charge in [0.25, 0.3) is 0 Å². The molecule has 1 aromatic heterocycles. The highest BCUT2D eigenvalue weighted by molar-refractivity contribution is 5.92. The maximum Gasteiger partial charge on any atom is 0.326 e. The SMILES string of the molecule is O=C(O)CCC(NC(=O)Nc1cn[nH]c1)C(=O)O. The van der Waals surface area contributed by atoms with Crippen LogP contribution in [0, 0.1) is 0 Å². The fourth-order valence-corrected chi connectivity index (χ4v) is 1.17. The number of aromatic nitrogens is 2. The second kappa shape index (κ2) is 6.23. The highest BCUT2D eigenvalue weighted by Gasteiger charge is 2.20. The van der Waals surface area contributed by atoms with Gasteiger partial charge < -0.3 is 20.8 Å². The Bertz CT molecular complexity index is 430. The lowest BCUT2D eigenvalue weighted by atomic mass is 10.1. The molecule has 0 fully saturated rings. The Hall–Kier alpha value is -2.58. The van der Waals surface area contributed by atoms with E-state index in [0.717, 1.165) is 0 Å². The zero-order valence-electron chi connectivity index (χ0n) is 9.21. The number of amides is 2. The molecule has 1 aromatic rings. The molecule has 2 amide bonds. The molecule has 98 valence electrons. The maximum absolute atomic E-state index is 11.4. The zero-order valence-corrected chi connectivity index (χ0v) is 9.21. The molecular formula is C9H12N4O5. The van der Waals surface area contributed by atoms with Gasteiger partial charge in [-0.2, -0.15) is 5.10 Å². The molecule has 5 N–H and O–H groups in total. The van der Waals surface area contributed by atoms with E-state index in [-0.39, 0.29) is 12.8 Å². The summed E-state index contributed by atoms with van der Waals surface area (Å²) in [4.78, 5) is 32.5. The number of carbonyl (C=O) groups is 3. The third kappa shape index (κ3) is 4.51. The quantitative estimate of drug-likeness (QED) is 0.478. The molecule has 0 spiro atoms. The van der Waals surface area contributed by atoms with Crippen molar-refractivity contribution >= 4 is 23.7 Å². The fourth-order valence-electron chi connectivity index (χ4n) is 1.17. The number of carboxylic acids is 2. The summed E-state index contributed by atoms with van der Waals surface area (Å²) in [5.74, 6) is -2.42. The summed E-state index contributed by atoms with van der Waals surface area (Å²) in [5, 5.41) is 27.8. The largest absolute Gasteiger partial charge is 0.481 e. The van der Waals surface area contributed by atoms with Crippen molar-refractivity contribution in [3.63, 3.8) is 0 Å². The van der Waals surface area contributed by atoms with E-state index in [1.165, 1.54) is 12.4 Å². The lowest BCUT2D eigenvalue weighted by Gasteiger charge is -2.13. The Balaban J connectivity index is 2.47. The third-order valence-electron chi connectivity index (χ3n) is 2.01. The van der Waals surface area contributed by atoms with Gasteiger partial charge in [-0.05, 0) is 6.42 Å². The molecule has 0 aliphatic carbocycles. The first-order valence-corrected chi connectivity index (χ1v) is 5.00. The molecule has 0 aromatic carbocycles. The van der Waals surface area contributed by atoms with Crippen LogP contribution in [0.25, 0.3) is 0 Å². The predicted octanol–water partition coefficient (Wildman–Crippen LogP) is -0.151. The van der Waals surface area contributed by atoms with Crippen LogP contribution in [0.5, 0.6) is 0 Å². The first-order valence-electron chi connectivity index (χ1n) is 5.00. The average molecular weight is 256 g/mol. The lowest BCUT2D eigenvalue weighted by molar-refractivity contribution is -0.140. The summed E-state index contributed by atoms with van der Waals surface area (Å²) in [5.41, 5.74) is 0.370. The van der Waals surface area contributed by atoms with Gasteiger partial charge in [0.2, 0.25) is 0 Å². The molecule has 0 aliphatic heterocycles. The van der Waals surface area contributed by atoms with E-state index in [9.17, 15) is 14.4 Å². The lowest BCUT2D eigenvalue weighted by Crippen LogP contribution is -2.43. The van der Waals surface area contributed by atoms with E-state index < -0.39 is 24.0 Å². The van der Waals surface area contributed by atoms with Crippen LogP contribution in [-0.2, 0) is 9.59 Å². The van der Waals surface area contributed by atoms with Crippen molar-refractivity contribution in [1.29, 1.82) is 0 Å². The minimum Gasteiger partial charge on any atom is -0.481 e. The first kappa shape index (κ1) is 13.5. The number of carbonyl (C=O) groups excluding carboxylic acids is 1. The van der Waals surface area contributed by atoms with Crippen LogP contribution < -0.4 is 10.6 Å². The number of aliphatic carboxylic acids is 2. The molecule has 0 bridgehead atoms. The summed E-state index contributed by atoms with van der Waals surface area (Å²) in [6.07, 6.45) is 2.21. The second-order valence-corrected chi connectivity index (χ2v) is 3.41. The van der Waals surface area contributed by atoms with Gasteiger partial charge in [-0.15, -0.1) is 0 Å². The third-order valence-corrected chi connectivity index (χ3v) is 2.01. The van der Waals surface area contributed by atoms with Crippen molar-refractivity contribution in [3.8, 4) is 0 Å². The number of nitrogens with one attached hydrogen (secondary N) is 3. The number of hydrogen-bond acceptors (Lipinski definition) is 4. The van der Waals surface area contributed by atoms with Gasteiger partial charge in [-0.3, -0.25) is 9.89 Å². The van der Waals surface area contributed by atoms with E-state index >= 15 is 0 Å². The fraction of sp³-hybridized carbons (Fsp3) is 0.333. The van der Waals surface area contributed by atoms with Crippen LogP contribution >= 0.6 is 0 Å². The van der Waals surface area contributed by atoms with E-state index in [1.54, 1.807) is 0 Å². The van der Waals surface area contributed by atoms with Gasteiger partial charge >= 0.3 is 18.0 Å². The van der Waals surface area contributed by atoms with Gasteiger partial charge in [0.1, 0.15) is 6.04 Å². The first-order chi connectivity index (χ1) is 8.49. The molecule has 1 unspecified atom stereocenters. The summed E-state index contributed by atoms with van der Waals surface area (Å²) >= 11 is 0. The van der Waals surface area contributed by atoms with Gasteiger partial charge in [0.15, 0.2) is 0 Å². The van der Waals surface area contributed by atoms with Crippen molar-refractivity contribution in [2.45, 2.75) is 18.9 Å². The predicted molar refractivity (Wildman–Crippen MR) is 59.0 cm³/mol. The smallest absolute Gasteiger partial charge is 0.326 e. The van der Waals surface area contributed by atoms with E-state index in [0.29, 0.717) is 5.69 Å². The number of hydrogen-bond donors (Lipinski definition) is 5. The number of anilines is 1. The van der Waals surface area contributed by atoms with Crippen LogP contribution in [0.4, 0.5) is 10.5 Å². The molecule has 1 heterocycles. The minimum absolute atomic E-state index is 0.191. The summed E-state index contributed by atoms with van der Waals surface area (Å²) in [7, 11) is 0. The van der Waals surface area contributed by atoms with Crippen LogP contribution in [0.15, 0.2) is 12.4 Å². The molecule has 0 aliphatic rings. The van der Waals surface area contributed by atoms with E-state index in [4.69, 9.17) is 10.2 Å². The van der Waals surface area contributed by atoms with Crippen molar-refractivity contribution < 1.29 is 24.6 Å². The molecule has 1 rings (SSSR count). The van der Waals surface area contributed by atoms with Crippen molar-refractivity contribution in [3.05, 3.63) is 12.4 Å². The van der Waals surface area contributed by atoms with Gasteiger partial charge in [0.05, 0.1) is 11.9 Å². The molecule has 0 saturated heterocycles. The molecule has 9 nitrogen and oxygen atoms in total. The highest BCUT2D eigenvalue weighted by Crippen LogP contribution is 2.02. The van der Waals surface area contributed by atoms with Gasteiger partial charge in [-0.25, -0.2) is 9.59 Å². The Morgan fingerprint density at radius 2 is 2.11 bits per heavy atom. The number of urea groups is 1. The number of H-pyrrole nitrogens is 1. The summed E-state index contributed by atoms with van der Waals surface area (Å²) < 4.78 is 0. The Morgan fingerprint density at radius 3 is 2.61 bits per heavy atom. The second-order valence-electron chi connectivity index (χ2n) is 3.41. The average Bonchev–Trinajstić information content (AvgIpc) is 2.76. The minimum atomic E-state index is -1.29. The van der Waals surface area contributed by atoms with Crippen molar-refractivity contribution in [1.82, 2.24) is 15.5 Å². The summed E-state index contributed by atoms with van der Waals surface area (Å²) in [6, 6.07) is -2.00. The zero-order chi connectivity index (χ0) is 13.5. The van der Waals surface area contributed by atoms with E-state index in [2.05, 4.69) is 20.8 Å². The topological polar surface area (TPSA) is 144 Å². The molecular weight excluding hydrogens is 244 g/mol. The standard InChI is InChI=1S/C9H12N4O5/c14-7(15)2-1-6(8(16)17)13-9(18)12-5-3-10-11-4-5/h3-4,6H,1-2H2,(H,10,11)(H,14,15)(H,16,17)(H2,12,13,18). The molecule has 1 atom stereocenters.